The number of amides is 3. The third kappa shape index (κ3) is 11.0. The molecule has 4 heterocycles. The molecule has 2 aliphatic rings. The molecule has 1 fully saturated rings. The van der Waals surface area contributed by atoms with Crippen LogP contribution in [0, 0.1) is 0 Å². The maximum Gasteiger partial charge on any atom is 0.413 e. The molecule has 0 radical (unpaired) electrons. The quantitative estimate of drug-likeness (QED) is 0.0168. The number of β-lactam (4-membered cyclic amide) rings is 1. The predicted molar refractivity (Wildman–Crippen MR) is 281 cm³/mol. The summed E-state index contributed by atoms with van der Waals surface area (Å²) in [6, 6.07) is 46.3. The largest absolute Gasteiger partial charge is 0.448 e. The Labute approximate surface area is 432 Å². The van der Waals surface area contributed by atoms with Gasteiger partial charge in [0.15, 0.2) is 16.9 Å². The lowest BCUT2D eigenvalue weighted by Gasteiger charge is -2.49. The fourth-order valence-electron chi connectivity index (χ4n) is 8.05. The Morgan fingerprint density at radius 3 is 1.89 bits per heavy atom. The summed E-state index contributed by atoms with van der Waals surface area (Å²) < 4.78 is 13.5. The SMILES string of the molecule is Cn1nncc1SCSC1=C(C(=O)OC(c2ccccc2)c2ccccc2)N2C(=O)[C@@H](NC(=O)C(=NOC(c3ccccc3)(c3ccccc3)c3ccccc3)c3csc(NC(=O)OC(C)(C)C)n3)[C@@H]2SC1. The third-order valence-electron chi connectivity index (χ3n) is 11.3. The minimum atomic E-state index is -1.39. The Morgan fingerprint density at radius 1 is 0.806 bits per heavy atom. The highest BCUT2D eigenvalue weighted by Crippen LogP contribution is 2.46. The number of hydrogen-bond acceptors (Lipinski definition) is 15. The molecule has 0 bridgehead atoms. The molecule has 1 saturated heterocycles. The van der Waals surface area contributed by atoms with Gasteiger partial charge >= 0.3 is 12.1 Å². The second-order valence-corrected chi connectivity index (χ2v) is 21.7. The zero-order valence-electron chi connectivity index (χ0n) is 39.4. The van der Waals surface area contributed by atoms with Crippen molar-refractivity contribution in [2.45, 2.75) is 54.5 Å². The van der Waals surface area contributed by atoms with Crippen molar-refractivity contribution >= 4 is 81.3 Å². The van der Waals surface area contributed by atoms with Crippen molar-refractivity contribution in [1.29, 1.82) is 0 Å². The van der Waals surface area contributed by atoms with Crippen LogP contribution in [0.25, 0.3) is 0 Å². The highest BCUT2D eigenvalue weighted by atomic mass is 32.2. The van der Waals surface area contributed by atoms with E-state index in [9.17, 15) is 19.2 Å². The molecule has 7 aromatic rings. The number of fused-ring (bicyclic) bond motifs is 1. The lowest BCUT2D eigenvalue weighted by Crippen LogP contribution is -2.71. The predicted octanol–water partition coefficient (Wildman–Crippen LogP) is 9.76. The van der Waals surface area contributed by atoms with E-state index in [1.54, 1.807) is 44.1 Å². The molecule has 2 aliphatic heterocycles. The Balaban J connectivity index is 1.06. The maximum absolute atomic E-state index is 15.0. The van der Waals surface area contributed by atoms with E-state index < -0.39 is 52.6 Å². The molecule has 19 heteroatoms. The second-order valence-electron chi connectivity index (χ2n) is 17.3. The number of nitrogens with one attached hydrogen (secondary N) is 2. The Kier molecular flexibility index (Phi) is 15.3. The number of anilines is 1. The monoisotopic (exact) mass is 1040 g/mol. The molecule has 2 atom stereocenters. The van der Waals surface area contributed by atoms with E-state index >= 15 is 0 Å². The summed E-state index contributed by atoms with van der Waals surface area (Å²) in [5, 5.41) is 20.5. The van der Waals surface area contributed by atoms with Gasteiger partial charge in [0, 0.05) is 44.9 Å². The molecule has 9 rings (SSSR count). The fourth-order valence-corrected chi connectivity index (χ4v) is 12.4. The Morgan fingerprint density at radius 2 is 1.36 bits per heavy atom. The number of thioether (sulfide) groups is 3. The first-order valence-corrected chi connectivity index (χ1v) is 26.6. The number of thiazole rings is 1. The number of nitrogens with zero attached hydrogens (tertiary/aromatic N) is 6. The van der Waals surface area contributed by atoms with Crippen LogP contribution in [0.1, 0.15) is 60.4 Å². The van der Waals surface area contributed by atoms with Gasteiger partial charge in [-0.15, -0.1) is 40.0 Å². The van der Waals surface area contributed by atoms with Gasteiger partial charge < -0.3 is 19.6 Å². The van der Waals surface area contributed by atoms with Gasteiger partial charge in [0.25, 0.3) is 11.8 Å². The fraction of sp³-hybridized carbons (Fsp3) is 0.208. The molecular formula is C53H48N8O7S4. The van der Waals surface area contributed by atoms with Crippen molar-refractivity contribution in [3.05, 3.63) is 207 Å². The van der Waals surface area contributed by atoms with Crippen molar-refractivity contribution in [2.75, 3.05) is 16.2 Å². The number of hydrogen-bond donors (Lipinski definition) is 2. The topological polar surface area (TPSA) is 179 Å². The average molecular weight is 1040 g/mol. The van der Waals surface area contributed by atoms with Gasteiger partial charge in [0.2, 0.25) is 5.60 Å². The molecule has 2 N–H and O–H groups in total. The molecule has 72 heavy (non-hydrogen) atoms. The summed E-state index contributed by atoms with van der Waals surface area (Å²) in [6.07, 6.45) is 0.142. The van der Waals surface area contributed by atoms with E-state index in [0.717, 1.165) is 44.2 Å². The van der Waals surface area contributed by atoms with Gasteiger partial charge in [0.1, 0.15) is 33.4 Å². The van der Waals surface area contributed by atoms with Crippen molar-refractivity contribution in [1.82, 2.24) is 30.2 Å². The van der Waals surface area contributed by atoms with E-state index in [1.165, 1.54) is 40.2 Å². The molecule has 15 nitrogen and oxygen atoms in total. The molecule has 3 amide bonds. The summed E-state index contributed by atoms with van der Waals surface area (Å²) in [4.78, 5) is 70.7. The summed E-state index contributed by atoms with van der Waals surface area (Å²) >= 11 is 5.38. The molecular weight excluding hydrogens is 989 g/mol. The lowest BCUT2D eigenvalue weighted by atomic mass is 9.80. The zero-order valence-corrected chi connectivity index (χ0v) is 42.7. The van der Waals surface area contributed by atoms with E-state index in [-0.39, 0.29) is 22.2 Å². The van der Waals surface area contributed by atoms with Crippen molar-refractivity contribution < 1.29 is 33.5 Å². The normalized spacial score (nSPS) is 15.9. The zero-order chi connectivity index (χ0) is 50.2. The molecule has 0 saturated carbocycles. The van der Waals surface area contributed by atoms with Gasteiger partial charge in [-0.25, -0.2) is 19.3 Å². The van der Waals surface area contributed by atoms with Crippen molar-refractivity contribution in [2.24, 2.45) is 12.2 Å². The van der Waals surface area contributed by atoms with E-state index in [2.05, 4.69) is 31.1 Å². The maximum atomic E-state index is 15.0. The molecule has 0 unspecified atom stereocenters. The smallest absolute Gasteiger partial charge is 0.413 e. The minimum Gasteiger partial charge on any atom is -0.448 e. The van der Waals surface area contributed by atoms with Crippen LogP contribution in [0.5, 0.6) is 0 Å². The highest BCUT2D eigenvalue weighted by Gasteiger charge is 2.55. The molecule has 2 aromatic heterocycles. The number of benzene rings is 5. The average Bonchev–Trinajstić information content (AvgIpc) is 4.04. The van der Waals surface area contributed by atoms with Gasteiger partial charge in [-0.3, -0.25) is 19.8 Å². The van der Waals surface area contributed by atoms with Crippen LogP contribution in [-0.4, -0.2) is 82.3 Å². The summed E-state index contributed by atoms with van der Waals surface area (Å²) in [7, 11) is 1.80. The van der Waals surface area contributed by atoms with Gasteiger partial charge in [-0.05, 0) is 31.9 Å². The van der Waals surface area contributed by atoms with Crippen molar-refractivity contribution in [3.63, 3.8) is 0 Å². The molecule has 366 valence electrons. The van der Waals surface area contributed by atoms with Crippen LogP contribution in [0.3, 0.4) is 0 Å². The summed E-state index contributed by atoms with van der Waals surface area (Å²) in [5.41, 5.74) is 1.38. The molecule has 5 aromatic carbocycles. The van der Waals surface area contributed by atoms with E-state index in [0.29, 0.717) is 15.7 Å². The Bertz CT molecular complexity index is 2960. The summed E-state index contributed by atoms with van der Waals surface area (Å²) in [6.45, 7) is 5.23. The minimum absolute atomic E-state index is 0.0587. The number of carbonyl (C=O) groups is 4. The van der Waals surface area contributed by atoms with Crippen LogP contribution in [-0.2, 0) is 41.3 Å². The lowest BCUT2D eigenvalue weighted by molar-refractivity contribution is -0.154. The number of rotatable bonds is 17. The number of aryl methyl sites for hydroxylation is 1. The highest BCUT2D eigenvalue weighted by molar-refractivity contribution is 8.18. The number of carbonyl (C=O) groups excluding carboxylic acids is 4. The number of aromatic nitrogens is 4. The van der Waals surface area contributed by atoms with Crippen LogP contribution >= 0.6 is 46.6 Å². The number of esters is 1. The first kappa shape index (κ1) is 49.8. The van der Waals surface area contributed by atoms with E-state index in [1.807, 2.05) is 152 Å². The summed E-state index contributed by atoms with van der Waals surface area (Å²) in [5.74, 6) is -1.66. The first-order valence-electron chi connectivity index (χ1n) is 22.7. The molecule has 0 aliphatic carbocycles. The second kappa shape index (κ2) is 22.1. The van der Waals surface area contributed by atoms with Gasteiger partial charge in [0.05, 0.1) is 6.20 Å². The van der Waals surface area contributed by atoms with Crippen LogP contribution in [0.2, 0.25) is 0 Å². The number of oxime groups is 1. The van der Waals surface area contributed by atoms with Gasteiger partial charge in [-0.2, -0.15) is 0 Å². The first-order chi connectivity index (χ1) is 34.9. The van der Waals surface area contributed by atoms with Crippen molar-refractivity contribution in [3.8, 4) is 0 Å². The van der Waals surface area contributed by atoms with E-state index in [4.69, 9.17) is 14.3 Å². The van der Waals surface area contributed by atoms with Crippen LogP contribution in [0.15, 0.2) is 184 Å². The standard InChI is InChI=1S/C53H48N8O7S4/c1-52(2,3)67-51(65)57-50-55-39(31-70-50)42(58-68-53(36-24-14-7-15-25-36,37-26-16-8-17-27-37)38-28-18-9-19-29-38)46(62)56-43-47(63)61-44(40(32-69-48(43)61)71-33-72-41-30-54-59-60(41)4)49(64)66-45(34-20-10-5-11-21-34)35-22-12-6-13-23-35/h5-31,43,45,48H,32-33H2,1-4H3,(H,56,62)(H,55,57,65)/t43-,48+/m1/s1. The number of ether oxygens (including phenoxy) is 2. The van der Waals surface area contributed by atoms with Crippen LogP contribution in [0.4, 0.5) is 9.93 Å². The van der Waals surface area contributed by atoms with Crippen LogP contribution < -0.4 is 10.6 Å². The third-order valence-corrected chi connectivity index (χ3v) is 15.9. The van der Waals surface area contributed by atoms with Gasteiger partial charge in [-0.1, -0.05) is 174 Å². The molecule has 0 spiro atoms. The Hall–Kier alpha value is -7.19.